The maximum absolute atomic E-state index is 11.3. The highest BCUT2D eigenvalue weighted by Gasteiger charge is 2.03. The van der Waals surface area contributed by atoms with Crippen LogP contribution in [0.5, 0.6) is 0 Å². The SMILES string of the molecule is O=C(Nc1ccccc1)OOCc1ccccc1. The van der Waals surface area contributed by atoms with Crippen molar-refractivity contribution < 1.29 is 14.6 Å². The molecule has 92 valence electrons. The van der Waals surface area contributed by atoms with Gasteiger partial charge in [-0.25, -0.2) is 4.79 Å². The maximum Gasteiger partial charge on any atom is 0.443 e. The van der Waals surface area contributed by atoms with Gasteiger partial charge in [-0.1, -0.05) is 48.5 Å². The predicted molar refractivity (Wildman–Crippen MR) is 67.8 cm³/mol. The van der Waals surface area contributed by atoms with Crippen LogP contribution in [0.1, 0.15) is 5.56 Å². The molecule has 0 atom stereocenters. The number of carbonyl (C=O) groups is 1. The quantitative estimate of drug-likeness (QED) is 0.661. The van der Waals surface area contributed by atoms with E-state index in [-0.39, 0.29) is 6.61 Å². The van der Waals surface area contributed by atoms with Crippen LogP contribution in [0.4, 0.5) is 10.5 Å². The molecule has 0 spiro atoms. The smallest absolute Gasteiger partial charge is 0.289 e. The van der Waals surface area contributed by atoms with Crippen LogP contribution in [0.15, 0.2) is 60.7 Å². The molecule has 0 heterocycles. The van der Waals surface area contributed by atoms with Gasteiger partial charge in [0.05, 0.1) is 0 Å². The van der Waals surface area contributed by atoms with Gasteiger partial charge in [0.15, 0.2) is 0 Å². The van der Waals surface area contributed by atoms with E-state index in [9.17, 15) is 4.79 Å². The molecule has 2 rings (SSSR count). The molecule has 4 nitrogen and oxygen atoms in total. The Morgan fingerprint density at radius 3 is 2.22 bits per heavy atom. The van der Waals surface area contributed by atoms with Crippen molar-refractivity contribution in [3.05, 3.63) is 66.2 Å². The molecule has 2 aromatic carbocycles. The number of hydrogen-bond donors (Lipinski definition) is 1. The fourth-order valence-corrected chi connectivity index (χ4v) is 1.39. The highest BCUT2D eigenvalue weighted by molar-refractivity contribution is 5.83. The summed E-state index contributed by atoms with van der Waals surface area (Å²) in [6, 6.07) is 18.5. The molecule has 0 unspecified atom stereocenters. The van der Waals surface area contributed by atoms with Crippen LogP contribution in [0, 0.1) is 0 Å². The number of para-hydroxylation sites is 1. The van der Waals surface area contributed by atoms with Gasteiger partial charge in [-0.2, -0.15) is 4.89 Å². The number of hydrogen-bond acceptors (Lipinski definition) is 3. The average Bonchev–Trinajstić information content (AvgIpc) is 2.41. The molecule has 0 fully saturated rings. The molecule has 4 heteroatoms. The number of amides is 1. The third-order valence-electron chi connectivity index (χ3n) is 2.22. The topological polar surface area (TPSA) is 47.6 Å². The van der Waals surface area contributed by atoms with Crippen LogP contribution in [0.3, 0.4) is 0 Å². The third-order valence-corrected chi connectivity index (χ3v) is 2.22. The summed E-state index contributed by atoms with van der Waals surface area (Å²) in [5.74, 6) is 0. The van der Waals surface area contributed by atoms with Gasteiger partial charge in [0.25, 0.3) is 0 Å². The Hall–Kier alpha value is -2.33. The van der Waals surface area contributed by atoms with Gasteiger partial charge in [0, 0.05) is 5.69 Å². The third kappa shape index (κ3) is 3.92. The molecule has 0 aliphatic rings. The van der Waals surface area contributed by atoms with Crippen molar-refractivity contribution in [3.8, 4) is 0 Å². The lowest BCUT2D eigenvalue weighted by atomic mass is 10.2. The Morgan fingerprint density at radius 2 is 1.56 bits per heavy atom. The molecule has 0 saturated heterocycles. The second-order valence-electron chi connectivity index (χ2n) is 3.61. The lowest BCUT2D eigenvalue weighted by Gasteiger charge is -2.05. The summed E-state index contributed by atoms with van der Waals surface area (Å²) >= 11 is 0. The lowest BCUT2D eigenvalue weighted by Crippen LogP contribution is -2.13. The first-order valence-corrected chi connectivity index (χ1v) is 5.54. The Kier molecular flexibility index (Phi) is 4.33. The van der Waals surface area contributed by atoms with Crippen molar-refractivity contribution in [1.82, 2.24) is 0 Å². The molecule has 0 aliphatic carbocycles. The summed E-state index contributed by atoms with van der Waals surface area (Å²) in [4.78, 5) is 20.8. The highest BCUT2D eigenvalue weighted by Crippen LogP contribution is 2.06. The summed E-state index contributed by atoms with van der Waals surface area (Å²) in [5, 5.41) is 2.54. The molecular weight excluding hydrogens is 230 g/mol. The minimum absolute atomic E-state index is 0.225. The molecule has 0 aliphatic heterocycles. The number of carbonyl (C=O) groups excluding carboxylic acids is 1. The van der Waals surface area contributed by atoms with E-state index in [1.807, 2.05) is 48.5 Å². The zero-order valence-corrected chi connectivity index (χ0v) is 9.71. The highest BCUT2D eigenvalue weighted by atomic mass is 17.2. The molecule has 0 bridgehead atoms. The Labute approximate surface area is 105 Å². The van der Waals surface area contributed by atoms with Crippen LogP contribution in [-0.2, 0) is 16.4 Å². The second-order valence-corrected chi connectivity index (χ2v) is 3.61. The van der Waals surface area contributed by atoms with E-state index in [2.05, 4.69) is 10.2 Å². The van der Waals surface area contributed by atoms with Crippen LogP contribution in [0.2, 0.25) is 0 Å². The lowest BCUT2D eigenvalue weighted by molar-refractivity contribution is -0.244. The normalized spacial score (nSPS) is 9.78. The fraction of sp³-hybridized carbons (Fsp3) is 0.0714. The molecule has 1 N–H and O–H groups in total. The van der Waals surface area contributed by atoms with Crippen LogP contribution in [0.25, 0.3) is 0 Å². The van der Waals surface area contributed by atoms with Gasteiger partial charge in [-0.05, 0) is 17.7 Å². The van der Waals surface area contributed by atoms with Crippen LogP contribution in [-0.4, -0.2) is 6.09 Å². The summed E-state index contributed by atoms with van der Waals surface area (Å²) in [7, 11) is 0. The van der Waals surface area contributed by atoms with E-state index in [0.717, 1.165) is 5.56 Å². The van der Waals surface area contributed by atoms with Gasteiger partial charge >= 0.3 is 6.09 Å². The molecule has 18 heavy (non-hydrogen) atoms. The van der Waals surface area contributed by atoms with Crippen molar-refractivity contribution in [2.45, 2.75) is 6.61 Å². The standard InChI is InChI=1S/C14H13NO3/c16-14(15-13-9-5-2-6-10-13)18-17-11-12-7-3-1-4-8-12/h1-10H,11H2,(H,15,16). The van der Waals surface area contributed by atoms with E-state index in [1.165, 1.54) is 0 Å². The summed E-state index contributed by atoms with van der Waals surface area (Å²) < 4.78 is 0. The fourth-order valence-electron chi connectivity index (χ4n) is 1.39. The minimum atomic E-state index is -0.642. The summed E-state index contributed by atoms with van der Waals surface area (Å²) in [5.41, 5.74) is 1.59. The first-order valence-electron chi connectivity index (χ1n) is 5.54. The number of benzene rings is 2. The molecule has 0 radical (unpaired) electrons. The molecular formula is C14H13NO3. The number of anilines is 1. The predicted octanol–water partition coefficient (Wildman–Crippen LogP) is 3.37. The van der Waals surface area contributed by atoms with Gasteiger partial charge < -0.3 is 0 Å². The van der Waals surface area contributed by atoms with Crippen molar-refractivity contribution in [3.63, 3.8) is 0 Å². The summed E-state index contributed by atoms with van der Waals surface area (Å²) in [6.07, 6.45) is -0.642. The van der Waals surface area contributed by atoms with E-state index in [1.54, 1.807) is 12.1 Å². The zero-order chi connectivity index (χ0) is 12.6. The van der Waals surface area contributed by atoms with Crippen molar-refractivity contribution in [1.29, 1.82) is 0 Å². The van der Waals surface area contributed by atoms with Gasteiger partial charge in [0.2, 0.25) is 0 Å². The first-order chi connectivity index (χ1) is 8.84. The van der Waals surface area contributed by atoms with Crippen molar-refractivity contribution in [2.75, 3.05) is 5.32 Å². The largest absolute Gasteiger partial charge is 0.443 e. The minimum Gasteiger partial charge on any atom is -0.289 e. The van der Waals surface area contributed by atoms with Crippen molar-refractivity contribution >= 4 is 11.8 Å². The molecule has 0 aromatic heterocycles. The van der Waals surface area contributed by atoms with E-state index in [0.29, 0.717) is 5.69 Å². The second kappa shape index (κ2) is 6.42. The molecule has 0 saturated carbocycles. The van der Waals surface area contributed by atoms with Crippen LogP contribution >= 0.6 is 0 Å². The van der Waals surface area contributed by atoms with Gasteiger partial charge in [0.1, 0.15) is 6.61 Å². The van der Waals surface area contributed by atoms with E-state index >= 15 is 0 Å². The van der Waals surface area contributed by atoms with Gasteiger partial charge in [-0.3, -0.25) is 10.2 Å². The molecule has 1 amide bonds. The van der Waals surface area contributed by atoms with E-state index < -0.39 is 6.09 Å². The Balaban J connectivity index is 1.73. The molecule has 2 aromatic rings. The number of nitrogens with one attached hydrogen (secondary N) is 1. The monoisotopic (exact) mass is 243 g/mol. The first kappa shape index (κ1) is 12.1. The Bertz CT molecular complexity index is 485. The maximum atomic E-state index is 11.3. The Morgan fingerprint density at radius 1 is 0.944 bits per heavy atom. The van der Waals surface area contributed by atoms with E-state index in [4.69, 9.17) is 4.89 Å². The zero-order valence-electron chi connectivity index (χ0n) is 9.71. The van der Waals surface area contributed by atoms with Crippen LogP contribution < -0.4 is 5.32 Å². The van der Waals surface area contributed by atoms with Gasteiger partial charge in [-0.15, -0.1) is 0 Å². The number of rotatable bonds is 4. The van der Waals surface area contributed by atoms with Crippen molar-refractivity contribution in [2.24, 2.45) is 0 Å². The summed E-state index contributed by atoms with van der Waals surface area (Å²) in [6.45, 7) is 0.225. The average molecular weight is 243 g/mol.